The van der Waals surface area contributed by atoms with Crippen molar-refractivity contribution in [1.82, 2.24) is 4.90 Å². The fourth-order valence-electron chi connectivity index (χ4n) is 1.90. The van der Waals surface area contributed by atoms with Crippen molar-refractivity contribution in [3.63, 3.8) is 0 Å². The van der Waals surface area contributed by atoms with Gasteiger partial charge in [0.25, 0.3) is 5.91 Å². The molecule has 0 bridgehead atoms. The van der Waals surface area contributed by atoms with E-state index in [-0.39, 0.29) is 11.3 Å². The second-order valence-corrected chi connectivity index (χ2v) is 5.15. The third-order valence-electron chi connectivity index (χ3n) is 2.85. The minimum Gasteiger partial charge on any atom is -0.337 e. The van der Waals surface area contributed by atoms with Crippen LogP contribution in [-0.4, -0.2) is 29.3 Å². The first kappa shape index (κ1) is 11.7. The van der Waals surface area contributed by atoms with Crippen molar-refractivity contribution in [2.45, 2.75) is 18.7 Å². The van der Waals surface area contributed by atoms with Crippen LogP contribution in [0.2, 0.25) is 5.02 Å². The maximum Gasteiger partial charge on any atom is 0.254 e. The molecule has 1 atom stereocenters. The summed E-state index contributed by atoms with van der Waals surface area (Å²) < 4.78 is 0. The van der Waals surface area contributed by atoms with Gasteiger partial charge in [0.15, 0.2) is 0 Å². The number of nitrogens with zero attached hydrogens (tertiary/aromatic N) is 1. The van der Waals surface area contributed by atoms with E-state index in [2.05, 4.69) is 0 Å². The quantitative estimate of drug-likeness (QED) is 0.709. The van der Waals surface area contributed by atoms with Gasteiger partial charge in [0, 0.05) is 23.7 Å². The third-order valence-corrected chi connectivity index (χ3v) is 3.44. The molecule has 86 valence electrons. The highest BCUT2D eigenvalue weighted by Crippen LogP contribution is 2.21. The van der Waals surface area contributed by atoms with Crippen LogP contribution in [-0.2, 0) is 0 Å². The maximum absolute atomic E-state index is 12.2. The average Bonchev–Trinajstić information content (AvgIpc) is 2.67. The Bertz CT molecular complexity index is 419. The number of hydrogen-bond acceptors (Lipinski definition) is 1. The van der Waals surface area contributed by atoms with Crippen LogP contribution >= 0.6 is 23.2 Å². The van der Waals surface area contributed by atoms with Crippen LogP contribution in [0.3, 0.4) is 0 Å². The lowest BCUT2D eigenvalue weighted by molar-refractivity contribution is 0.0792. The molecule has 0 spiro atoms. The minimum absolute atomic E-state index is 0.0307. The Morgan fingerprint density at radius 3 is 2.88 bits per heavy atom. The zero-order valence-corrected chi connectivity index (χ0v) is 10.6. The first-order valence-electron chi connectivity index (χ1n) is 5.27. The van der Waals surface area contributed by atoms with E-state index in [1.54, 1.807) is 17.0 Å². The summed E-state index contributed by atoms with van der Waals surface area (Å²) in [5.41, 5.74) is 1.63. The number of carbonyl (C=O) groups excluding carboxylic acids is 1. The summed E-state index contributed by atoms with van der Waals surface area (Å²) in [7, 11) is 0. The van der Waals surface area contributed by atoms with E-state index in [0.29, 0.717) is 17.1 Å². The highest BCUT2D eigenvalue weighted by Gasteiger charge is 2.26. The molecule has 1 aromatic carbocycles. The summed E-state index contributed by atoms with van der Waals surface area (Å²) >= 11 is 11.9. The van der Waals surface area contributed by atoms with Gasteiger partial charge in [-0.1, -0.05) is 17.7 Å². The average molecular weight is 258 g/mol. The van der Waals surface area contributed by atoms with Gasteiger partial charge in [0.05, 0.1) is 5.38 Å². The number of amides is 1. The number of rotatable bonds is 1. The van der Waals surface area contributed by atoms with Crippen LogP contribution in [0.5, 0.6) is 0 Å². The first-order valence-corrected chi connectivity index (χ1v) is 6.09. The molecule has 1 fully saturated rings. The molecule has 0 aromatic heterocycles. The molecule has 0 N–H and O–H groups in total. The largest absolute Gasteiger partial charge is 0.337 e. The molecule has 1 saturated heterocycles. The van der Waals surface area contributed by atoms with E-state index in [1.165, 1.54) is 0 Å². The molecule has 1 unspecified atom stereocenters. The van der Waals surface area contributed by atoms with Gasteiger partial charge < -0.3 is 4.90 Å². The van der Waals surface area contributed by atoms with E-state index >= 15 is 0 Å². The van der Waals surface area contributed by atoms with Crippen LogP contribution in [0.1, 0.15) is 22.3 Å². The van der Waals surface area contributed by atoms with Crippen molar-refractivity contribution >= 4 is 29.1 Å². The smallest absolute Gasteiger partial charge is 0.254 e. The number of likely N-dealkylation sites (tertiary alicyclic amines) is 1. The highest BCUT2D eigenvalue weighted by atomic mass is 35.5. The molecular formula is C12H13Cl2NO. The summed E-state index contributed by atoms with van der Waals surface area (Å²) in [5, 5.41) is 0.680. The van der Waals surface area contributed by atoms with Crippen molar-refractivity contribution in [2.75, 3.05) is 13.1 Å². The standard InChI is InChI=1S/C12H13Cl2NO/c1-8-2-3-9(13)6-11(8)12(16)15-5-4-10(14)7-15/h2-3,6,10H,4-5,7H2,1H3. The second-order valence-electron chi connectivity index (χ2n) is 4.10. The normalized spacial score (nSPS) is 20.2. The molecule has 16 heavy (non-hydrogen) atoms. The van der Waals surface area contributed by atoms with Crippen LogP contribution in [0.15, 0.2) is 18.2 Å². The molecule has 1 aliphatic rings. The Morgan fingerprint density at radius 1 is 1.50 bits per heavy atom. The van der Waals surface area contributed by atoms with Crippen molar-refractivity contribution in [3.8, 4) is 0 Å². The molecular weight excluding hydrogens is 245 g/mol. The SMILES string of the molecule is Cc1ccc(Cl)cc1C(=O)N1CCC(Cl)C1. The monoisotopic (exact) mass is 257 g/mol. The van der Waals surface area contributed by atoms with Gasteiger partial charge in [-0.2, -0.15) is 0 Å². The zero-order valence-electron chi connectivity index (χ0n) is 9.04. The molecule has 1 heterocycles. The van der Waals surface area contributed by atoms with E-state index in [9.17, 15) is 4.79 Å². The van der Waals surface area contributed by atoms with Crippen LogP contribution in [0.4, 0.5) is 0 Å². The van der Waals surface area contributed by atoms with Gasteiger partial charge >= 0.3 is 0 Å². The molecule has 2 nitrogen and oxygen atoms in total. The minimum atomic E-state index is 0.0307. The fraction of sp³-hybridized carbons (Fsp3) is 0.417. The fourth-order valence-corrected chi connectivity index (χ4v) is 2.33. The van der Waals surface area contributed by atoms with E-state index < -0.39 is 0 Å². The summed E-state index contributed by atoms with van der Waals surface area (Å²) in [6.07, 6.45) is 0.868. The molecule has 4 heteroatoms. The van der Waals surface area contributed by atoms with E-state index in [0.717, 1.165) is 18.5 Å². The second kappa shape index (κ2) is 4.64. The van der Waals surface area contributed by atoms with Gasteiger partial charge in [-0.15, -0.1) is 11.6 Å². The summed E-state index contributed by atoms with van der Waals surface area (Å²) in [6.45, 7) is 3.28. The Kier molecular flexibility index (Phi) is 3.41. The maximum atomic E-state index is 12.2. The molecule has 1 aromatic rings. The molecule has 0 radical (unpaired) electrons. The summed E-state index contributed by atoms with van der Waals surface area (Å²) in [6, 6.07) is 5.38. The van der Waals surface area contributed by atoms with Crippen LogP contribution in [0, 0.1) is 6.92 Å². The molecule has 0 saturated carbocycles. The lowest BCUT2D eigenvalue weighted by atomic mass is 10.1. The Labute approximate surface area is 105 Å². The topological polar surface area (TPSA) is 20.3 Å². The van der Waals surface area contributed by atoms with E-state index in [1.807, 2.05) is 13.0 Å². The number of alkyl halides is 1. The zero-order chi connectivity index (χ0) is 11.7. The molecule has 0 aliphatic carbocycles. The Balaban J connectivity index is 2.23. The van der Waals surface area contributed by atoms with Gasteiger partial charge in [-0.05, 0) is 31.0 Å². The van der Waals surface area contributed by atoms with Crippen LogP contribution in [0.25, 0.3) is 0 Å². The number of carbonyl (C=O) groups is 1. The van der Waals surface area contributed by atoms with Crippen molar-refractivity contribution in [3.05, 3.63) is 34.3 Å². The predicted octanol–water partition coefficient (Wildman–Crippen LogP) is 3.10. The highest BCUT2D eigenvalue weighted by molar-refractivity contribution is 6.31. The Hall–Kier alpha value is -0.730. The van der Waals surface area contributed by atoms with Crippen molar-refractivity contribution in [2.24, 2.45) is 0 Å². The number of aryl methyl sites for hydroxylation is 1. The predicted molar refractivity (Wildman–Crippen MR) is 66.4 cm³/mol. The van der Waals surface area contributed by atoms with E-state index in [4.69, 9.17) is 23.2 Å². The summed E-state index contributed by atoms with van der Waals surface area (Å²) in [4.78, 5) is 14.0. The van der Waals surface area contributed by atoms with Gasteiger partial charge in [-0.3, -0.25) is 4.79 Å². The lowest BCUT2D eigenvalue weighted by Crippen LogP contribution is -2.29. The van der Waals surface area contributed by atoms with Crippen molar-refractivity contribution < 1.29 is 4.79 Å². The van der Waals surface area contributed by atoms with Gasteiger partial charge in [-0.25, -0.2) is 0 Å². The molecule has 1 amide bonds. The molecule has 1 aliphatic heterocycles. The number of benzene rings is 1. The summed E-state index contributed by atoms with van der Waals surface area (Å²) in [5.74, 6) is 0.0307. The lowest BCUT2D eigenvalue weighted by Gasteiger charge is -2.17. The first-order chi connectivity index (χ1) is 7.58. The number of hydrogen-bond donors (Lipinski definition) is 0. The third kappa shape index (κ3) is 2.33. The molecule has 2 rings (SSSR count). The van der Waals surface area contributed by atoms with Gasteiger partial charge in [0.2, 0.25) is 0 Å². The van der Waals surface area contributed by atoms with Crippen LogP contribution < -0.4 is 0 Å². The number of halogens is 2. The Morgan fingerprint density at radius 2 is 2.25 bits per heavy atom. The van der Waals surface area contributed by atoms with Crippen molar-refractivity contribution in [1.29, 1.82) is 0 Å². The van der Waals surface area contributed by atoms with Gasteiger partial charge in [0.1, 0.15) is 0 Å².